The molecular weight excluding hydrogens is 412 g/mol. The van der Waals surface area contributed by atoms with Crippen molar-refractivity contribution in [2.24, 2.45) is 23.7 Å². The van der Waals surface area contributed by atoms with Crippen LogP contribution in [0.15, 0.2) is 12.1 Å². The number of carboxylic acids is 1. The molecule has 1 N–H and O–H groups in total. The first-order chi connectivity index (χ1) is 16.1. The molecule has 1 aromatic rings. The molecule has 5 heteroatoms. The summed E-state index contributed by atoms with van der Waals surface area (Å²) in [4.78, 5) is 32.5. The second-order valence-corrected chi connectivity index (χ2v) is 11.2. The predicted molar refractivity (Wildman–Crippen MR) is 128 cm³/mol. The molecule has 0 aromatic carbocycles. The maximum Gasteiger partial charge on any atom is 0.307 e. The normalized spacial score (nSPS) is 27.8. The molecule has 180 valence electrons. The second-order valence-electron chi connectivity index (χ2n) is 11.2. The molecule has 4 aliphatic rings. The van der Waals surface area contributed by atoms with E-state index in [1.54, 1.807) is 0 Å². The minimum absolute atomic E-state index is 0.0267. The molecule has 1 aromatic heterocycles. The molecule has 2 heterocycles. The van der Waals surface area contributed by atoms with Crippen molar-refractivity contribution in [3.63, 3.8) is 0 Å². The Balaban J connectivity index is 1.15. The van der Waals surface area contributed by atoms with E-state index in [0.717, 1.165) is 77.3 Å². The first kappa shape index (κ1) is 22.9. The minimum Gasteiger partial charge on any atom is -0.481 e. The molecule has 1 saturated heterocycles. The van der Waals surface area contributed by atoms with E-state index in [1.807, 2.05) is 0 Å². The van der Waals surface area contributed by atoms with Crippen LogP contribution in [0.1, 0.15) is 99.9 Å². The molecular formula is C28H40N2O3. The van der Waals surface area contributed by atoms with Gasteiger partial charge in [0.25, 0.3) is 0 Å². The molecule has 1 aliphatic heterocycles. The summed E-state index contributed by atoms with van der Waals surface area (Å²) in [5.74, 6) is 0.385. The second kappa shape index (κ2) is 10.1. The number of aromatic nitrogens is 1. The number of hydrogen-bond acceptors (Lipinski definition) is 3. The number of piperidine rings is 1. The number of carbonyl (C=O) groups excluding carboxylic acids is 1. The lowest BCUT2D eigenvalue weighted by molar-refractivity contribution is -0.147. The zero-order valence-corrected chi connectivity index (χ0v) is 20.0. The zero-order valence-electron chi connectivity index (χ0n) is 20.0. The molecule has 3 aliphatic carbocycles. The van der Waals surface area contributed by atoms with Gasteiger partial charge in [0.15, 0.2) is 0 Å². The Morgan fingerprint density at radius 2 is 1.64 bits per heavy atom. The van der Waals surface area contributed by atoms with Gasteiger partial charge in [0, 0.05) is 36.3 Å². The van der Waals surface area contributed by atoms with Crippen LogP contribution in [0.25, 0.3) is 0 Å². The Kier molecular flexibility index (Phi) is 7.03. The smallest absolute Gasteiger partial charge is 0.307 e. The van der Waals surface area contributed by atoms with Gasteiger partial charge < -0.3 is 10.0 Å². The van der Waals surface area contributed by atoms with Gasteiger partial charge in [-0.1, -0.05) is 25.3 Å². The van der Waals surface area contributed by atoms with Gasteiger partial charge in [0.1, 0.15) is 0 Å². The highest BCUT2D eigenvalue weighted by Crippen LogP contribution is 2.44. The molecule has 1 unspecified atom stereocenters. The van der Waals surface area contributed by atoms with Crippen molar-refractivity contribution < 1.29 is 14.7 Å². The lowest BCUT2D eigenvalue weighted by Crippen LogP contribution is -2.41. The third-order valence-electron chi connectivity index (χ3n) is 9.20. The Labute approximate surface area is 198 Å². The third kappa shape index (κ3) is 4.97. The molecule has 3 atom stereocenters. The number of likely N-dealkylation sites (tertiary alicyclic amines) is 1. The van der Waals surface area contributed by atoms with Crippen molar-refractivity contribution in [3.8, 4) is 0 Å². The number of aliphatic carboxylic acids is 1. The molecule has 0 bridgehead atoms. The first-order valence-corrected chi connectivity index (χ1v) is 13.6. The largest absolute Gasteiger partial charge is 0.481 e. The minimum atomic E-state index is -0.627. The van der Waals surface area contributed by atoms with Crippen molar-refractivity contribution in [1.29, 1.82) is 0 Å². The van der Waals surface area contributed by atoms with E-state index in [1.165, 1.54) is 42.6 Å². The number of aryl methyl sites for hydroxylation is 2. The van der Waals surface area contributed by atoms with E-state index in [0.29, 0.717) is 11.8 Å². The van der Waals surface area contributed by atoms with E-state index in [4.69, 9.17) is 4.98 Å². The average molecular weight is 453 g/mol. The average Bonchev–Trinajstić information content (AvgIpc) is 3.33. The lowest BCUT2D eigenvalue weighted by Gasteiger charge is -2.34. The zero-order chi connectivity index (χ0) is 22.8. The van der Waals surface area contributed by atoms with Crippen molar-refractivity contribution in [2.45, 2.75) is 95.8 Å². The van der Waals surface area contributed by atoms with Gasteiger partial charge in [-0.2, -0.15) is 0 Å². The number of amides is 1. The third-order valence-corrected chi connectivity index (χ3v) is 9.20. The number of fused-ring (bicyclic) bond motifs is 1. The standard InChI is InChI=1S/C28H40N2O3/c31-27(23-11-10-22(18-23)26(28(32)33)21-7-2-1-3-8-21)30-16-14-20(15-17-30)25-13-12-19-6-4-5-9-24(19)29-25/h12-13,20-23,26H,1-11,14-18H2,(H,32,33)/t22?,23-,26-/m1/s1. The highest BCUT2D eigenvalue weighted by atomic mass is 16.4. The fourth-order valence-corrected chi connectivity index (χ4v) is 7.33. The number of rotatable bonds is 5. The molecule has 33 heavy (non-hydrogen) atoms. The first-order valence-electron chi connectivity index (χ1n) is 13.6. The van der Waals surface area contributed by atoms with Gasteiger partial charge in [-0.3, -0.25) is 14.6 Å². The van der Waals surface area contributed by atoms with E-state index in [-0.39, 0.29) is 23.7 Å². The topological polar surface area (TPSA) is 70.5 Å². The van der Waals surface area contributed by atoms with E-state index in [9.17, 15) is 14.7 Å². The highest BCUT2D eigenvalue weighted by Gasteiger charge is 2.42. The summed E-state index contributed by atoms with van der Waals surface area (Å²) in [6, 6.07) is 4.52. The Bertz CT molecular complexity index is 855. The fourth-order valence-electron chi connectivity index (χ4n) is 7.33. The summed E-state index contributed by atoms with van der Waals surface area (Å²) in [6.07, 6.45) is 15.0. The van der Waals surface area contributed by atoms with Crippen LogP contribution in [0.2, 0.25) is 0 Å². The van der Waals surface area contributed by atoms with Crippen molar-refractivity contribution in [1.82, 2.24) is 9.88 Å². The number of carbonyl (C=O) groups is 2. The number of pyridine rings is 1. The molecule has 5 nitrogen and oxygen atoms in total. The molecule has 0 spiro atoms. The number of hydrogen-bond donors (Lipinski definition) is 1. The van der Waals surface area contributed by atoms with Crippen LogP contribution in [0.4, 0.5) is 0 Å². The van der Waals surface area contributed by atoms with Crippen LogP contribution >= 0.6 is 0 Å². The summed E-state index contributed by atoms with van der Waals surface area (Å²) >= 11 is 0. The van der Waals surface area contributed by atoms with E-state index < -0.39 is 5.97 Å². The fraction of sp³-hybridized carbons (Fsp3) is 0.750. The van der Waals surface area contributed by atoms with Gasteiger partial charge in [-0.15, -0.1) is 0 Å². The summed E-state index contributed by atoms with van der Waals surface area (Å²) in [7, 11) is 0. The number of carboxylic acid groups (broad SMARTS) is 1. The van der Waals surface area contributed by atoms with Gasteiger partial charge in [-0.25, -0.2) is 0 Å². The summed E-state index contributed by atoms with van der Waals surface area (Å²) in [5, 5.41) is 9.97. The van der Waals surface area contributed by atoms with Gasteiger partial charge in [0.2, 0.25) is 5.91 Å². The molecule has 0 radical (unpaired) electrons. The maximum absolute atomic E-state index is 13.3. The van der Waals surface area contributed by atoms with Crippen LogP contribution in [0.3, 0.4) is 0 Å². The molecule has 2 saturated carbocycles. The highest BCUT2D eigenvalue weighted by molar-refractivity contribution is 5.79. The molecule has 3 fully saturated rings. The van der Waals surface area contributed by atoms with Gasteiger partial charge >= 0.3 is 5.97 Å². The lowest BCUT2D eigenvalue weighted by atomic mass is 9.73. The van der Waals surface area contributed by atoms with Crippen molar-refractivity contribution >= 4 is 11.9 Å². The SMILES string of the molecule is O=C(O)[C@H](C1CCCCC1)C1CC[C@@H](C(=O)N2CCC(c3ccc4c(n3)CCCC4)CC2)C1. The Morgan fingerprint density at radius 1 is 0.879 bits per heavy atom. The summed E-state index contributed by atoms with van der Waals surface area (Å²) in [6.45, 7) is 1.63. The Morgan fingerprint density at radius 3 is 2.39 bits per heavy atom. The maximum atomic E-state index is 13.3. The van der Waals surface area contributed by atoms with Crippen molar-refractivity contribution in [3.05, 3.63) is 29.1 Å². The van der Waals surface area contributed by atoms with Crippen LogP contribution in [0, 0.1) is 23.7 Å². The van der Waals surface area contributed by atoms with Crippen LogP contribution < -0.4 is 0 Å². The van der Waals surface area contributed by atoms with E-state index in [2.05, 4.69) is 17.0 Å². The summed E-state index contributed by atoms with van der Waals surface area (Å²) in [5.41, 5.74) is 3.96. The number of nitrogens with zero attached hydrogens (tertiary/aromatic N) is 2. The van der Waals surface area contributed by atoms with Crippen LogP contribution in [-0.4, -0.2) is 40.0 Å². The summed E-state index contributed by atoms with van der Waals surface area (Å²) < 4.78 is 0. The molecule has 1 amide bonds. The quantitative estimate of drug-likeness (QED) is 0.652. The van der Waals surface area contributed by atoms with Gasteiger partial charge in [-0.05, 0) is 94.1 Å². The van der Waals surface area contributed by atoms with Crippen LogP contribution in [-0.2, 0) is 22.4 Å². The van der Waals surface area contributed by atoms with Crippen molar-refractivity contribution in [2.75, 3.05) is 13.1 Å². The predicted octanol–water partition coefficient (Wildman–Crippen LogP) is 5.36. The molecule has 5 rings (SSSR count). The Hall–Kier alpha value is -1.91. The van der Waals surface area contributed by atoms with Crippen LogP contribution in [0.5, 0.6) is 0 Å². The monoisotopic (exact) mass is 452 g/mol. The van der Waals surface area contributed by atoms with Gasteiger partial charge in [0.05, 0.1) is 5.92 Å². The van der Waals surface area contributed by atoms with E-state index >= 15 is 0 Å².